The van der Waals surface area contributed by atoms with Crippen molar-refractivity contribution in [1.82, 2.24) is 25.5 Å². The Balaban J connectivity index is 0.000000541. The number of carbonyl (C=O) groups excluding carboxylic acids is 2. The van der Waals surface area contributed by atoms with Gasteiger partial charge in [-0.05, 0) is 42.0 Å². The SMILES string of the molecule is O=C(NCCN1CCOCC1)c1ccc(/C=C(\F)c2cc(-c3cc4c([nH]3)CCNC4=O)ccn2)cc1.O=C(O)C(F)(F)F. The molecule has 43 heavy (non-hydrogen) atoms. The van der Waals surface area contributed by atoms with Gasteiger partial charge < -0.3 is 25.5 Å². The van der Waals surface area contributed by atoms with Crippen LogP contribution in [0, 0.1) is 0 Å². The molecule has 4 heterocycles. The monoisotopic (exact) mass is 603 g/mol. The molecule has 0 aliphatic carbocycles. The van der Waals surface area contributed by atoms with Crippen molar-refractivity contribution < 1.29 is 41.8 Å². The van der Waals surface area contributed by atoms with Crippen molar-refractivity contribution >= 4 is 29.7 Å². The Morgan fingerprint density at radius 3 is 2.47 bits per heavy atom. The van der Waals surface area contributed by atoms with Gasteiger partial charge in [-0.2, -0.15) is 13.2 Å². The van der Waals surface area contributed by atoms with Gasteiger partial charge >= 0.3 is 12.1 Å². The molecule has 0 bridgehead atoms. The molecule has 0 saturated carbocycles. The molecule has 1 saturated heterocycles. The van der Waals surface area contributed by atoms with Crippen LogP contribution in [0.5, 0.6) is 0 Å². The van der Waals surface area contributed by atoms with Gasteiger partial charge in [-0.15, -0.1) is 0 Å². The van der Waals surface area contributed by atoms with E-state index in [0.29, 0.717) is 29.8 Å². The molecular formula is C29H29F4N5O5. The Kier molecular flexibility index (Phi) is 10.3. The van der Waals surface area contributed by atoms with Gasteiger partial charge in [0.25, 0.3) is 11.8 Å². The fraction of sp³-hybridized carbons (Fsp3) is 0.310. The van der Waals surface area contributed by atoms with Crippen molar-refractivity contribution in [3.63, 3.8) is 0 Å². The smallest absolute Gasteiger partial charge is 0.475 e. The number of carboxylic acids is 1. The van der Waals surface area contributed by atoms with Crippen LogP contribution < -0.4 is 10.6 Å². The first-order valence-corrected chi connectivity index (χ1v) is 13.3. The van der Waals surface area contributed by atoms with E-state index in [-0.39, 0.29) is 17.5 Å². The van der Waals surface area contributed by atoms with E-state index >= 15 is 4.39 Å². The maximum Gasteiger partial charge on any atom is 0.490 e. The molecule has 0 unspecified atom stereocenters. The van der Waals surface area contributed by atoms with E-state index in [1.165, 1.54) is 6.08 Å². The molecule has 1 fully saturated rings. The van der Waals surface area contributed by atoms with E-state index in [1.807, 2.05) is 0 Å². The summed E-state index contributed by atoms with van der Waals surface area (Å²) in [5, 5.41) is 12.9. The van der Waals surface area contributed by atoms with Crippen molar-refractivity contribution in [1.29, 1.82) is 0 Å². The fourth-order valence-electron chi connectivity index (χ4n) is 4.38. The zero-order valence-corrected chi connectivity index (χ0v) is 22.8. The number of pyridine rings is 1. The highest BCUT2D eigenvalue weighted by molar-refractivity contribution is 5.98. The molecule has 10 nitrogen and oxygen atoms in total. The molecule has 2 aliphatic heterocycles. The van der Waals surface area contributed by atoms with Crippen LogP contribution in [0.2, 0.25) is 0 Å². The number of benzene rings is 1. The molecule has 4 N–H and O–H groups in total. The summed E-state index contributed by atoms with van der Waals surface area (Å²) in [6.45, 7) is 5.16. The number of halogens is 4. The molecule has 1 aromatic carbocycles. The summed E-state index contributed by atoms with van der Waals surface area (Å²) in [6.07, 6.45) is -1.42. The number of carbonyl (C=O) groups is 3. The van der Waals surface area contributed by atoms with Crippen LogP contribution >= 0.6 is 0 Å². The van der Waals surface area contributed by atoms with Crippen LogP contribution in [0.1, 0.15) is 37.7 Å². The number of amides is 2. The number of rotatable bonds is 7. The highest BCUT2D eigenvalue weighted by Crippen LogP contribution is 2.27. The van der Waals surface area contributed by atoms with Crippen LogP contribution in [-0.4, -0.2) is 89.9 Å². The molecule has 2 aliphatic rings. The molecule has 0 atom stereocenters. The molecule has 2 aromatic heterocycles. The highest BCUT2D eigenvalue weighted by atomic mass is 19.4. The van der Waals surface area contributed by atoms with E-state index in [4.69, 9.17) is 14.6 Å². The van der Waals surface area contributed by atoms with Crippen molar-refractivity contribution in [2.45, 2.75) is 12.6 Å². The fourth-order valence-corrected chi connectivity index (χ4v) is 4.38. The maximum atomic E-state index is 15.0. The van der Waals surface area contributed by atoms with E-state index in [9.17, 15) is 22.8 Å². The summed E-state index contributed by atoms with van der Waals surface area (Å²) in [7, 11) is 0. The van der Waals surface area contributed by atoms with Gasteiger partial charge in [-0.3, -0.25) is 19.5 Å². The number of morpholine rings is 1. The minimum atomic E-state index is -5.08. The number of aliphatic carboxylic acids is 1. The normalized spacial score (nSPS) is 15.5. The van der Waals surface area contributed by atoms with E-state index in [2.05, 4.69) is 25.5 Å². The average molecular weight is 604 g/mol. The average Bonchev–Trinajstić information content (AvgIpc) is 3.44. The Hall–Kier alpha value is -4.56. The van der Waals surface area contributed by atoms with Crippen molar-refractivity contribution in [3.8, 4) is 11.3 Å². The van der Waals surface area contributed by atoms with E-state index in [1.54, 1.807) is 48.7 Å². The predicted octanol–water partition coefficient (Wildman–Crippen LogP) is 3.53. The predicted molar refractivity (Wildman–Crippen MR) is 149 cm³/mol. The quantitative estimate of drug-likeness (QED) is 0.304. The lowest BCUT2D eigenvalue weighted by Gasteiger charge is -2.26. The van der Waals surface area contributed by atoms with Gasteiger partial charge in [0.2, 0.25) is 0 Å². The van der Waals surface area contributed by atoms with Crippen LogP contribution in [0.25, 0.3) is 23.2 Å². The van der Waals surface area contributed by atoms with Crippen molar-refractivity contribution in [2.75, 3.05) is 45.9 Å². The molecule has 14 heteroatoms. The molecule has 0 radical (unpaired) electrons. The van der Waals surface area contributed by atoms with Gasteiger partial charge in [-0.25, -0.2) is 9.18 Å². The summed E-state index contributed by atoms with van der Waals surface area (Å²) < 4.78 is 52.1. The van der Waals surface area contributed by atoms with Gasteiger partial charge in [0, 0.05) is 67.9 Å². The summed E-state index contributed by atoms with van der Waals surface area (Å²) >= 11 is 0. The number of ether oxygens (including phenoxy) is 1. The second-order valence-electron chi connectivity index (χ2n) is 9.64. The standard InChI is InChI=1S/C27H28FN5O3.C2HF3O2/c28-22(25-16-20(5-7-29-25)24-17-21-23(32-24)6-8-30-27(21)35)15-18-1-3-19(4-2-18)26(34)31-9-10-33-11-13-36-14-12-33;3-2(4,5)1(6)7/h1-5,7,15-17,32H,6,8-14H2,(H,30,35)(H,31,34);(H,6,7)/b22-15-;. The highest BCUT2D eigenvalue weighted by Gasteiger charge is 2.38. The Labute approximate surface area is 243 Å². The summed E-state index contributed by atoms with van der Waals surface area (Å²) in [5.41, 5.74) is 4.33. The first kappa shape index (κ1) is 31.4. The van der Waals surface area contributed by atoms with Crippen LogP contribution in [0.15, 0.2) is 48.7 Å². The maximum absolute atomic E-state index is 15.0. The number of nitrogens with zero attached hydrogens (tertiary/aromatic N) is 2. The number of hydrogen-bond donors (Lipinski definition) is 4. The lowest BCUT2D eigenvalue weighted by molar-refractivity contribution is -0.192. The second kappa shape index (κ2) is 14.1. The zero-order valence-electron chi connectivity index (χ0n) is 22.8. The topological polar surface area (TPSA) is 137 Å². The molecule has 2 amide bonds. The number of aromatic amines is 1. The number of fused-ring (bicyclic) bond motifs is 1. The minimum Gasteiger partial charge on any atom is -0.475 e. The summed E-state index contributed by atoms with van der Waals surface area (Å²) in [5.74, 6) is -3.51. The van der Waals surface area contributed by atoms with Gasteiger partial charge in [0.05, 0.1) is 24.5 Å². The number of hydrogen-bond acceptors (Lipinski definition) is 6. The first-order chi connectivity index (χ1) is 20.5. The largest absolute Gasteiger partial charge is 0.490 e. The number of carboxylic acid groups (broad SMARTS) is 1. The van der Waals surface area contributed by atoms with Gasteiger partial charge in [0.15, 0.2) is 0 Å². The zero-order chi connectivity index (χ0) is 31.0. The molecular weight excluding hydrogens is 574 g/mol. The molecule has 0 spiro atoms. The van der Waals surface area contributed by atoms with Crippen molar-refractivity contribution in [3.05, 3.63) is 76.7 Å². The Morgan fingerprint density at radius 1 is 1.12 bits per heavy atom. The second-order valence-corrected chi connectivity index (χ2v) is 9.64. The molecule has 3 aromatic rings. The lowest BCUT2D eigenvalue weighted by Crippen LogP contribution is -2.41. The van der Waals surface area contributed by atoms with E-state index < -0.39 is 18.0 Å². The number of aromatic nitrogens is 2. The number of alkyl halides is 3. The third kappa shape index (κ3) is 8.72. The van der Waals surface area contributed by atoms with Gasteiger partial charge in [-0.1, -0.05) is 12.1 Å². The Morgan fingerprint density at radius 2 is 1.81 bits per heavy atom. The van der Waals surface area contributed by atoms with Crippen molar-refractivity contribution in [2.24, 2.45) is 0 Å². The first-order valence-electron chi connectivity index (χ1n) is 13.3. The summed E-state index contributed by atoms with van der Waals surface area (Å²) in [6, 6.07) is 12.0. The molecule has 228 valence electrons. The third-order valence-electron chi connectivity index (χ3n) is 6.65. The van der Waals surface area contributed by atoms with Gasteiger partial charge in [0.1, 0.15) is 5.83 Å². The Bertz CT molecular complexity index is 1480. The van der Waals surface area contributed by atoms with Crippen LogP contribution in [0.3, 0.4) is 0 Å². The van der Waals surface area contributed by atoms with E-state index in [0.717, 1.165) is 56.2 Å². The summed E-state index contributed by atoms with van der Waals surface area (Å²) in [4.78, 5) is 43.1. The molecule has 5 rings (SSSR count). The lowest BCUT2D eigenvalue weighted by atomic mass is 10.1. The van der Waals surface area contributed by atoms with Crippen LogP contribution in [-0.2, 0) is 16.0 Å². The van der Waals surface area contributed by atoms with Crippen LogP contribution in [0.4, 0.5) is 17.6 Å². The number of H-pyrrole nitrogens is 1. The number of nitrogens with one attached hydrogen (secondary N) is 3. The third-order valence-corrected chi connectivity index (χ3v) is 6.65. The minimum absolute atomic E-state index is 0.103.